The summed E-state index contributed by atoms with van der Waals surface area (Å²) >= 11 is 0. The van der Waals surface area contributed by atoms with Crippen molar-refractivity contribution in [2.24, 2.45) is 0 Å². The Balaban J connectivity index is 2.01. The molecule has 0 aliphatic carbocycles. The average Bonchev–Trinajstić information content (AvgIpc) is 2.70. The summed E-state index contributed by atoms with van der Waals surface area (Å²) < 4.78 is 12.4. The average molecular weight is 316 g/mol. The molecule has 0 bridgehead atoms. The minimum absolute atomic E-state index is 0.101. The number of hydrogen-bond donors (Lipinski definition) is 0. The van der Waals surface area contributed by atoms with Gasteiger partial charge in [0.05, 0.1) is 11.2 Å². The molecule has 1 heterocycles. The second-order valence-corrected chi connectivity index (χ2v) is 7.88. The monoisotopic (exact) mass is 316 g/mol. The molecule has 128 valence electrons. The maximum absolute atomic E-state index is 6.22. The molecule has 0 spiro atoms. The summed E-state index contributed by atoms with van der Waals surface area (Å²) in [6.07, 6.45) is 7.39. The molecule has 1 saturated heterocycles. The molecule has 1 aliphatic rings. The number of hydrogen-bond acceptors (Lipinski definition) is 2. The van der Waals surface area contributed by atoms with E-state index in [0.717, 1.165) is 6.32 Å². The molecular weight excluding hydrogens is 283 g/mol. The third-order valence-corrected chi connectivity index (χ3v) is 5.46. The van der Waals surface area contributed by atoms with Crippen molar-refractivity contribution < 1.29 is 9.31 Å². The van der Waals surface area contributed by atoms with Gasteiger partial charge in [-0.1, -0.05) is 62.9 Å². The van der Waals surface area contributed by atoms with E-state index in [1.165, 1.54) is 37.7 Å². The van der Waals surface area contributed by atoms with Gasteiger partial charge in [0.15, 0.2) is 0 Å². The molecule has 1 fully saturated rings. The van der Waals surface area contributed by atoms with Gasteiger partial charge in [0.2, 0.25) is 0 Å². The highest BCUT2D eigenvalue weighted by Crippen LogP contribution is 2.40. The van der Waals surface area contributed by atoms with Crippen LogP contribution in [0.1, 0.15) is 78.2 Å². The van der Waals surface area contributed by atoms with Crippen molar-refractivity contribution in [1.29, 1.82) is 0 Å². The fourth-order valence-electron chi connectivity index (χ4n) is 3.26. The first-order valence-electron chi connectivity index (χ1n) is 9.26. The predicted octanol–water partition coefficient (Wildman–Crippen LogP) is 5.83. The summed E-state index contributed by atoms with van der Waals surface area (Å²) in [5.74, 6) is 0.516. The van der Waals surface area contributed by atoms with E-state index in [2.05, 4.69) is 65.0 Å². The van der Waals surface area contributed by atoms with Gasteiger partial charge in [0.25, 0.3) is 0 Å². The Kier molecular flexibility index (Phi) is 6.33. The Morgan fingerprint density at radius 3 is 2.09 bits per heavy atom. The van der Waals surface area contributed by atoms with E-state index in [9.17, 15) is 0 Å². The fraction of sp³-hybridized carbons (Fsp3) is 0.700. The van der Waals surface area contributed by atoms with Gasteiger partial charge in [0, 0.05) is 0 Å². The van der Waals surface area contributed by atoms with Crippen LogP contribution in [0.2, 0.25) is 6.32 Å². The molecule has 1 aromatic rings. The SMILES string of the molecule is CCCCCCC(CB1OC(C)(C)C(C)(C)O1)c1ccccc1. The first-order valence-corrected chi connectivity index (χ1v) is 9.26. The second kappa shape index (κ2) is 7.85. The third-order valence-electron chi connectivity index (χ3n) is 5.46. The lowest BCUT2D eigenvalue weighted by atomic mass is 9.73. The molecule has 3 heteroatoms. The van der Waals surface area contributed by atoms with Gasteiger partial charge in [-0.15, -0.1) is 0 Å². The highest BCUT2D eigenvalue weighted by Gasteiger charge is 2.51. The molecule has 1 atom stereocenters. The van der Waals surface area contributed by atoms with Crippen molar-refractivity contribution in [3.63, 3.8) is 0 Å². The Labute approximate surface area is 143 Å². The van der Waals surface area contributed by atoms with Crippen LogP contribution < -0.4 is 0 Å². The zero-order chi connectivity index (χ0) is 16.9. The second-order valence-electron chi connectivity index (χ2n) is 7.88. The largest absolute Gasteiger partial charge is 0.458 e. The van der Waals surface area contributed by atoms with E-state index in [-0.39, 0.29) is 18.3 Å². The number of benzene rings is 1. The summed E-state index contributed by atoms with van der Waals surface area (Å²) in [4.78, 5) is 0. The van der Waals surface area contributed by atoms with E-state index in [1.807, 2.05) is 0 Å². The topological polar surface area (TPSA) is 18.5 Å². The zero-order valence-corrected chi connectivity index (χ0v) is 15.6. The summed E-state index contributed by atoms with van der Waals surface area (Å²) in [5, 5.41) is 0. The van der Waals surface area contributed by atoms with Crippen molar-refractivity contribution in [3.05, 3.63) is 35.9 Å². The Morgan fingerprint density at radius 1 is 0.913 bits per heavy atom. The van der Waals surface area contributed by atoms with Gasteiger partial charge in [-0.2, -0.15) is 0 Å². The standard InChI is InChI=1S/C20H33BO2/c1-6-7-8-10-15-18(17-13-11-9-12-14-17)16-21-22-19(2,3)20(4,5)23-21/h9,11-14,18H,6-8,10,15-16H2,1-5H3. The molecule has 2 rings (SSSR count). The minimum Gasteiger partial charge on any atom is -0.403 e. The van der Waals surface area contributed by atoms with Gasteiger partial charge in [-0.25, -0.2) is 0 Å². The van der Waals surface area contributed by atoms with Gasteiger partial charge >= 0.3 is 7.12 Å². The van der Waals surface area contributed by atoms with Gasteiger partial charge < -0.3 is 9.31 Å². The smallest absolute Gasteiger partial charge is 0.403 e. The lowest BCUT2D eigenvalue weighted by Gasteiger charge is -2.32. The van der Waals surface area contributed by atoms with Gasteiger partial charge in [-0.3, -0.25) is 0 Å². The lowest BCUT2D eigenvalue weighted by molar-refractivity contribution is 0.00578. The van der Waals surface area contributed by atoms with Crippen molar-refractivity contribution in [2.75, 3.05) is 0 Å². The molecule has 1 aliphatic heterocycles. The highest BCUT2D eigenvalue weighted by molar-refractivity contribution is 6.45. The zero-order valence-electron chi connectivity index (χ0n) is 15.6. The van der Waals surface area contributed by atoms with Crippen LogP contribution in [-0.2, 0) is 9.31 Å². The van der Waals surface area contributed by atoms with Crippen molar-refractivity contribution >= 4 is 7.12 Å². The minimum atomic E-state index is -0.235. The summed E-state index contributed by atoms with van der Waals surface area (Å²) in [6.45, 7) is 10.8. The van der Waals surface area contributed by atoms with E-state index >= 15 is 0 Å². The molecule has 0 radical (unpaired) electrons. The summed E-state index contributed by atoms with van der Waals surface area (Å²) in [5.41, 5.74) is 0.945. The van der Waals surface area contributed by atoms with Gasteiger partial charge in [-0.05, 0) is 51.9 Å². The van der Waals surface area contributed by atoms with Crippen molar-refractivity contribution in [2.45, 2.75) is 90.2 Å². The van der Waals surface area contributed by atoms with Crippen LogP contribution in [0.25, 0.3) is 0 Å². The van der Waals surface area contributed by atoms with Crippen LogP contribution >= 0.6 is 0 Å². The van der Waals surface area contributed by atoms with E-state index in [0.29, 0.717) is 5.92 Å². The van der Waals surface area contributed by atoms with Crippen LogP contribution in [-0.4, -0.2) is 18.3 Å². The van der Waals surface area contributed by atoms with E-state index in [1.54, 1.807) is 0 Å². The van der Waals surface area contributed by atoms with Crippen LogP contribution in [0.4, 0.5) is 0 Å². The lowest BCUT2D eigenvalue weighted by Crippen LogP contribution is -2.41. The van der Waals surface area contributed by atoms with Gasteiger partial charge in [0.1, 0.15) is 0 Å². The first kappa shape index (κ1) is 18.5. The molecule has 1 aromatic carbocycles. The highest BCUT2D eigenvalue weighted by atomic mass is 16.7. The molecule has 0 aromatic heterocycles. The molecule has 2 nitrogen and oxygen atoms in total. The summed E-state index contributed by atoms with van der Waals surface area (Å²) in [6, 6.07) is 10.9. The van der Waals surface area contributed by atoms with Crippen LogP contribution in [0, 0.1) is 0 Å². The number of unbranched alkanes of at least 4 members (excludes halogenated alkanes) is 3. The Hall–Kier alpha value is -0.795. The first-order chi connectivity index (χ1) is 10.9. The number of rotatable bonds is 8. The van der Waals surface area contributed by atoms with Crippen LogP contribution in [0.5, 0.6) is 0 Å². The molecule has 0 N–H and O–H groups in total. The molecule has 1 unspecified atom stereocenters. The Morgan fingerprint density at radius 2 is 1.52 bits per heavy atom. The predicted molar refractivity (Wildman–Crippen MR) is 98.8 cm³/mol. The Bertz CT molecular complexity index is 454. The quantitative estimate of drug-likeness (QED) is 0.443. The molecular formula is C20H33BO2. The van der Waals surface area contributed by atoms with Crippen LogP contribution in [0.3, 0.4) is 0 Å². The summed E-state index contributed by atoms with van der Waals surface area (Å²) in [7, 11) is -0.101. The normalized spacial score (nSPS) is 20.7. The van der Waals surface area contributed by atoms with Crippen molar-refractivity contribution in [3.8, 4) is 0 Å². The molecule has 23 heavy (non-hydrogen) atoms. The third kappa shape index (κ3) is 4.84. The molecule has 0 saturated carbocycles. The van der Waals surface area contributed by atoms with Crippen molar-refractivity contribution in [1.82, 2.24) is 0 Å². The maximum atomic E-state index is 6.22. The van der Waals surface area contributed by atoms with Crippen LogP contribution in [0.15, 0.2) is 30.3 Å². The fourth-order valence-corrected chi connectivity index (χ4v) is 3.26. The van der Waals surface area contributed by atoms with E-state index in [4.69, 9.17) is 9.31 Å². The maximum Gasteiger partial charge on any atom is 0.458 e. The van der Waals surface area contributed by atoms with E-state index < -0.39 is 0 Å². The molecule has 0 amide bonds.